The number of methoxy groups -OCH3 is 1. The SMILES string of the molecule is COc1ccc(F)c(N2CCC(Oc3ccc(N4CCC[C@H]4CC#N)cc3)CC2)c1. The molecular weight excluding hydrogens is 381 g/mol. The Balaban J connectivity index is 1.33. The summed E-state index contributed by atoms with van der Waals surface area (Å²) in [5.41, 5.74) is 1.75. The summed E-state index contributed by atoms with van der Waals surface area (Å²) in [6.45, 7) is 2.50. The average molecular weight is 410 g/mol. The van der Waals surface area contributed by atoms with Crippen molar-refractivity contribution in [2.24, 2.45) is 0 Å². The second-order valence-corrected chi connectivity index (χ2v) is 7.97. The van der Waals surface area contributed by atoms with Crippen molar-refractivity contribution in [1.82, 2.24) is 0 Å². The maximum Gasteiger partial charge on any atom is 0.146 e. The molecular formula is C24H28FN3O2. The monoisotopic (exact) mass is 409 g/mol. The van der Waals surface area contributed by atoms with Crippen LogP contribution < -0.4 is 19.3 Å². The van der Waals surface area contributed by atoms with Crippen LogP contribution in [0.15, 0.2) is 42.5 Å². The number of rotatable bonds is 6. The summed E-state index contributed by atoms with van der Waals surface area (Å²) < 4.78 is 25.6. The lowest BCUT2D eigenvalue weighted by atomic mass is 10.1. The van der Waals surface area contributed by atoms with Crippen LogP contribution in [0.5, 0.6) is 11.5 Å². The highest BCUT2D eigenvalue weighted by Gasteiger charge is 2.25. The van der Waals surface area contributed by atoms with E-state index in [0.29, 0.717) is 23.9 Å². The first kappa shape index (κ1) is 20.3. The van der Waals surface area contributed by atoms with Crippen LogP contribution in [-0.2, 0) is 0 Å². The van der Waals surface area contributed by atoms with E-state index in [-0.39, 0.29) is 11.9 Å². The summed E-state index contributed by atoms with van der Waals surface area (Å²) in [5, 5.41) is 9.02. The van der Waals surface area contributed by atoms with Crippen molar-refractivity contribution in [2.45, 2.75) is 44.2 Å². The lowest BCUT2D eigenvalue weighted by Gasteiger charge is -2.34. The molecule has 0 aromatic heterocycles. The van der Waals surface area contributed by atoms with Gasteiger partial charge in [-0.2, -0.15) is 5.26 Å². The molecule has 2 aliphatic rings. The Labute approximate surface area is 177 Å². The number of nitrogens with zero attached hydrogens (tertiary/aromatic N) is 3. The molecule has 1 atom stereocenters. The summed E-state index contributed by atoms with van der Waals surface area (Å²) in [7, 11) is 1.59. The van der Waals surface area contributed by atoms with E-state index in [1.807, 2.05) is 12.1 Å². The normalized spacial score (nSPS) is 19.6. The van der Waals surface area contributed by atoms with Crippen LogP contribution in [0.1, 0.15) is 32.1 Å². The van der Waals surface area contributed by atoms with E-state index in [1.54, 1.807) is 19.2 Å². The van der Waals surface area contributed by atoms with Gasteiger partial charge in [0.1, 0.15) is 23.4 Å². The molecule has 0 bridgehead atoms. The second kappa shape index (κ2) is 9.25. The van der Waals surface area contributed by atoms with Crippen LogP contribution in [-0.4, -0.2) is 38.9 Å². The molecule has 2 aliphatic heterocycles. The molecule has 0 aliphatic carbocycles. The van der Waals surface area contributed by atoms with Gasteiger partial charge in [-0.15, -0.1) is 0 Å². The lowest BCUT2D eigenvalue weighted by Crippen LogP contribution is -2.38. The van der Waals surface area contributed by atoms with Crippen molar-refractivity contribution in [3.63, 3.8) is 0 Å². The zero-order valence-electron chi connectivity index (χ0n) is 17.4. The zero-order chi connectivity index (χ0) is 20.9. The third-order valence-corrected chi connectivity index (χ3v) is 6.11. The van der Waals surface area contributed by atoms with Gasteiger partial charge in [-0.05, 0) is 49.2 Å². The maximum absolute atomic E-state index is 14.2. The summed E-state index contributed by atoms with van der Waals surface area (Å²) in [4.78, 5) is 4.39. The fourth-order valence-electron chi connectivity index (χ4n) is 4.48. The minimum atomic E-state index is -0.220. The molecule has 2 fully saturated rings. The average Bonchev–Trinajstić information content (AvgIpc) is 3.24. The first-order valence-electron chi connectivity index (χ1n) is 10.7. The molecule has 0 spiro atoms. The van der Waals surface area contributed by atoms with Gasteiger partial charge in [-0.25, -0.2) is 4.39 Å². The first-order valence-corrected chi connectivity index (χ1v) is 10.7. The van der Waals surface area contributed by atoms with Crippen LogP contribution in [0, 0.1) is 17.1 Å². The topological polar surface area (TPSA) is 48.7 Å². The van der Waals surface area contributed by atoms with Gasteiger partial charge in [0.2, 0.25) is 0 Å². The smallest absolute Gasteiger partial charge is 0.146 e. The number of halogens is 1. The van der Waals surface area contributed by atoms with Crippen LogP contribution in [0.4, 0.5) is 15.8 Å². The van der Waals surface area contributed by atoms with Crippen LogP contribution in [0.2, 0.25) is 0 Å². The van der Waals surface area contributed by atoms with Crippen molar-refractivity contribution in [3.05, 3.63) is 48.3 Å². The van der Waals surface area contributed by atoms with Crippen molar-refractivity contribution >= 4 is 11.4 Å². The third-order valence-electron chi connectivity index (χ3n) is 6.11. The molecule has 158 valence electrons. The predicted molar refractivity (Wildman–Crippen MR) is 116 cm³/mol. The molecule has 2 heterocycles. The Morgan fingerprint density at radius 1 is 1.03 bits per heavy atom. The molecule has 2 aromatic carbocycles. The minimum Gasteiger partial charge on any atom is -0.497 e. The van der Waals surface area contributed by atoms with Gasteiger partial charge in [0.25, 0.3) is 0 Å². The van der Waals surface area contributed by atoms with Gasteiger partial charge < -0.3 is 19.3 Å². The summed E-state index contributed by atoms with van der Waals surface area (Å²) in [5.74, 6) is 1.31. The summed E-state index contributed by atoms with van der Waals surface area (Å²) in [6, 6.07) is 15.7. The number of nitriles is 1. The van der Waals surface area contributed by atoms with E-state index in [1.165, 1.54) is 6.07 Å². The molecule has 0 amide bonds. The number of piperidine rings is 1. The largest absolute Gasteiger partial charge is 0.497 e. The van der Waals surface area contributed by atoms with Gasteiger partial charge >= 0.3 is 0 Å². The molecule has 2 saturated heterocycles. The molecule has 0 N–H and O–H groups in total. The number of ether oxygens (including phenoxy) is 2. The molecule has 5 nitrogen and oxygen atoms in total. The lowest BCUT2D eigenvalue weighted by molar-refractivity contribution is 0.170. The molecule has 30 heavy (non-hydrogen) atoms. The molecule has 0 saturated carbocycles. The minimum absolute atomic E-state index is 0.124. The molecule has 6 heteroatoms. The summed E-state index contributed by atoms with van der Waals surface area (Å²) >= 11 is 0. The van der Waals surface area contributed by atoms with Crippen molar-refractivity contribution < 1.29 is 13.9 Å². The standard InChI is InChI=1S/C24H28FN3O2/c1-29-22-8-9-23(25)24(17-22)27-15-11-21(12-16-27)30-20-6-4-19(5-7-20)28-14-2-3-18(28)10-13-26/h4-9,17-18,21H,2-3,10-12,14-16H2,1H3/t18-/m0/s1. The molecule has 0 unspecified atom stereocenters. The number of benzene rings is 2. The molecule has 0 radical (unpaired) electrons. The van der Waals surface area contributed by atoms with Crippen molar-refractivity contribution in [2.75, 3.05) is 36.5 Å². The Morgan fingerprint density at radius 2 is 1.77 bits per heavy atom. The Morgan fingerprint density at radius 3 is 2.47 bits per heavy atom. The van der Waals surface area contributed by atoms with Gasteiger partial charge in [-0.3, -0.25) is 0 Å². The zero-order valence-corrected chi connectivity index (χ0v) is 17.4. The van der Waals surface area contributed by atoms with Gasteiger partial charge in [0.15, 0.2) is 0 Å². The van der Waals surface area contributed by atoms with E-state index in [2.05, 4.69) is 28.0 Å². The number of hydrogen-bond acceptors (Lipinski definition) is 5. The predicted octanol–water partition coefficient (Wildman–Crippen LogP) is 4.76. The fraction of sp³-hybridized carbons (Fsp3) is 0.458. The van der Waals surface area contributed by atoms with Crippen molar-refractivity contribution in [3.8, 4) is 17.6 Å². The maximum atomic E-state index is 14.2. The van der Waals surface area contributed by atoms with E-state index in [9.17, 15) is 4.39 Å². The first-order chi connectivity index (χ1) is 14.7. The van der Waals surface area contributed by atoms with Crippen LogP contribution >= 0.6 is 0 Å². The number of hydrogen-bond donors (Lipinski definition) is 0. The molecule has 4 rings (SSSR count). The second-order valence-electron chi connectivity index (χ2n) is 7.97. The highest BCUT2D eigenvalue weighted by atomic mass is 19.1. The van der Waals surface area contributed by atoms with Gasteiger partial charge in [-0.1, -0.05) is 0 Å². The van der Waals surface area contributed by atoms with E-state index >= 15 is 0 Å². The fourth-order valence-corrected chi connectivity index (χ4v) is 4.48. The summed E-state index contributed by atoms with van der Waals surface area (Å²) in [6.07, 6.45) is 4.60. The Hall–Kier alpha value is -2.94. The highest BCUT2D eigenvalue weighted by molar-refractivity contribution is 5.53. The van der Waals surface area contributed by atoms with E-state index in [0.717, 1.165) is 56.8 Å². The quantitative estimate of drug-likeness (QED) is 0.688. The molecule has 2 aromatic rings. The van der Waals surface area contributed by atoms with Crippen molar-refractivity contribution in [1.29, 1.82) is 5.26 Å². The highest BCUT2D eigenvalue weighted by Crippen LogP contribution is 2.31. The van der Waals surface area contributed by atoms with E-state index < -0.39 is 0 Å². The number of anilines is 2. The van der Waals surface area contributed by atoms with Gasteiger partial charge in [0.05, 0.1) is 25.3 Å². The van der Waals surface area contributed by atoms with E-state index in [4.69, 9.17) is 14.7 Å². The van der Waals surface area contributed by atoms with Gasteiger partial charge in [0, 0.05) is 50.3 Å². The van der Waals surface area contributed by atoms with Crippen LogP contribution in [0.3, 0.4) is 0 Å². The third kappa shape index (κ3) is 4.46. The van der Waals surface area contributed by atoms with Crippen LogP contribution in [0.25, 0.3) is 0 Å². The Kier molecular flexibility index (Phi) is 6.27. The Bertz CT molecular complexity index is 888.